The average Bonchev–Trinajstić information content (AvgIpc) is 3.01. The molecule has 3 aromatic rings. The van der Waals surface area contributed by atoms with E-state index in [9.17, 15) is 0 Å². The number of benzene rings is 2. The summed E-state index contributed by atoms with van der Waals surface area (Å²) >= 11 is 11.1. The van der Waals surface area contributed by atoms with Crippen LogP contribution in [0, 0.1) is 4.77 Å². The molecule has 2 aromatic carbocycles. The fraction of sp³-hybridized carbons (Fsp3) is 0.211. The first kappa shape index (κ1) is 18.4. The Bertz CT molecular complexity index is 943. The molecule has 0 fully saturated rings. The van der Waals surface area contributed by atoms with Crippen LogP contribution in [0.5, 0.6) is 5.75 Å². The topological polar surface area (TPSA) is 55.2 Å². The van der Waals surface area contributed by atoms with Gasteiger partial charge in [-0.2, -0.15) is 14.9 Å². The van der Waals surface area contributed by atoms with Gasteiger partial charge in [0.25, 0.3) is 0 Å². The van der Waals surface area contributed by atoms with Gasteiger partial charge in [0.1, 0.15) is 12.4 Å². The van der Waals surface area contributed by atoms with Crippen molar-refractivity contribution < 1.29 is 4.74 Å². The van der Waals surface area contributed by atoms with Crippen LogP contribution in [0.2, 0.25) is 5.02 Å². The van der Waals surface area contributed by atoms with E-state index in [0.29, 0.717) is 11.4 Å². The minimum atomic E-state index is 0.226. The second-order valence-corrected chi connectivity index (χ2v) is 6.91. The van der Waals surface area contributed by atoms with Crippen molar-refractivity contribution in [3.63, 3.8) is 0 Å². The zero-order chi connectivity index (χ0) is 18.5. The van der Waals surface area contributed by atoms with E-state index in [1.165, 1.54) is 0 Å². The third-order valence-electron chi connectivity index (χ3n) is 3.71. The molecule has 134 valence electrons. The Morgan fingerprint density at radius 3 is 2.54 bits per heavy atom. The van der Waals surface area contributed by atoms with Crippen LogP contribution in [0.3, 0.4) is 0 Å². The van der Waals surface area contributed by atoms with Gasteiger partial charge >= 0.3 is 0 Å². The number of aromatic amines is 1. The van der Waals surface area contributed by atoms with Crippen molar-refractivity contribution in [3.8, 4) is 5.75 Å². The number of nitrogens with zero attached hydrogens (tertiary/aromatic N) is 3. The lowest BCUT2D eigenvalue weighted by atomic mass is 10.2. The molecule has 0 radical (unpaired) electrons. The lowest BCUT2D eigenvalue weighted by Gasteiger charge is -2.07. The summed E-state index contributed by atoms with van der Waals surface area (Å²) in [5.41, 5.74) is 2.01. The summed E-state index contributed by atoms with van der Waals surface area (Å²) in [7, 11) is 0. The second kappa shape index (κ2) is 8.29. The van der Waals surface area contributed by atoms with Crippen molar-refractivity contribution in [1.82, 2.24) is 14.9 Å². The minimum absolute atomic E-state index is 0.226. The molecule has 0 saturated heterocycles. The van der Waals surface area contributed by atoms with Crippen molar-refractivity contribution in [2.75, 3.05) is 0 Å². The molecule has 0 bridgehead atoms. The molecule has 0 saturated carbocycles. The number of ether oxygens (including phenoxy) is 1. The SMILES string of the molecule is CC(C)c1n[nH]c(=S)n1/N=C/c1ccc(OCc2ccc(Cl)cc2)cc1. The van der Waals surface area contributed by atoms with Crippen LogP contribution in [0.25, 0.3) is 0 Å². The number of hydrogen-bond donors (Lipinski definition) is 1. The summed E-state index contributed by atoms with van der Waals surface area (Å²) in [6, 6.07) is 15.3. The summed E-state index contributed by atoms with van der Waals surface area (Å²) in [6.07, 6.45) is 1.75. The maximum Gasteiger partial charge on any atom is 0.216 e. The fourth-order valence-corrected chi connectivity index (χ4v) is 2.62. The molecule has 3 rings (SSSR count). The van der Waals surface area contributed by atoms with Gasteiger partial charge in [-0.3, -0.25) is 5.10 Å². The highest BCUT2D eigenvalue weighted by atomic mass is 35.5. The van der Waals surface area contributed by atoms with Crippen molar-refractivity contribution in [2.45, 2.75) is 26.4 Å². The molecular weight excluding hydrogens is 368 g/mol. The van der Waals surface area contributed by atoms with E-state index in [0.717, 1.165) is 27.7 Å². The van der Waals surface area contributed by atoms with Gasteiger partial charge in [0.15, 0.2) is 5.82 Å². The van der Waals surface area contributed by atoms with Crippen LogP contribution >= 0.6 is 23.8 Å². The van der Waals surface area contributed by atoms with E-state index in [4.69, 9.17) is 28.6 Å². The fourth-order valence-electron chi connectivity index (χ4n) is 2.31. The Morgan fingerprint density at radius 2 is 1.88 bits per heavy atom. The predicted molar refractivity (Wildman–Crippen MR) is 107 cm³/mol. The van der Waals surface area contributed by atoms with Gasteiger partial charge in [-0.15, -0.1) is 0 Å². The molecule has 0 atom stereocenters. The van der Waals surface area contributed by atoms with Crippen LogP contribution < -0.4 is 4.74 Å². The number of nitrogens with one attached hydrogen (secondary N) is 1. The molecule has 0 aliphatic carbocycles. The third-order valence-corrected chi connectivity index (χ3v) is 4.23. The smallest absolute Gasteiger partial charge is 0.216 e. The van der Waals surface area contributed by atoms with E-state index in [1.54, 1.807) is 10.9 Å². The van der Waals surface area contributed by atoms with Gasteiger partial charge < -0.3 is 4.74 Å². The molecule has 26 heavy (non-hydrogen) atoms. The normalized spacial score (nSPS) is 11.4. The molecule has 0 amide bonds. The number of H-pyrrole nitrogens is 1. The van der Waals surface area contributed by atoms with Gasteiger partial charge in [0, 0.05) is 10.9 Å². The first-order chi connectivity index (χ1) is 12.5. The van der Waals surface area contributed by atoms with Crippen molar-refractivity contribution in [1.29, 1.82) is 0 Å². The average molecular weight is 387 g/mol. The highest BCUT2D eigenvalue weighted by Crippen LogP contribution is 2.16. The minimum Gasteiger partial charge on any atom is -0.489 e. The molecule has 5 nitrogen and oxygen atoms in total. The summed E-state index contributed by atoms with van der Waals surface area (Å²) in [5, 5.41) is 12.1. The second-order valence-electron chi connectivity index (χ2n) is 6.08. The van der Waals surface area contributed by atoms with E-state index < -0.39 is 0 Å². The molecule has 0 aliphatic heterocycles. The molecule has 0 spiro atoms. The van der Waals surface area contributed by atoms with E-state index in [2.05, 4.69) is 15.3 Å². The summed E-state index contributed by atoms with van der Waals surface area (Å²) in [4.78, 5) is 0. The van der Waals surface area contributed by atoms with Crippen LogP contribution in [-0.4, -0.2) is 21.1 Å². The molecule has 7 heteroatoms. The standard InChI is InChI=1S/C19H19ClN4OS/c1-13(2)18-22-23-19(26)24(18)21-11-14-5-9-17(10-6-14)25-12-15-3-7-16(20)8-4-15/h3-11,13H,12H2,1-2H3,(H,23,26)/b21-11+. The summed E-state index contributed by atoms with van der Waals surface area (Å²) < 4.78 is 7.91. The zero-order valence-corrected chi connectivity index (χ0v) is 16.1. The zero-order valence-electron chi connectivity index (χ0n) is 14.5. The first-order valence-electron chi connectivity index (χ1n) is 8.22. The number of aromatic nitrogens is 3. The van der Waals surface area contributed by atoms with Crippen LogP contribution in [-0.2, 0) is 6.61 Å². The Balaban J connectivity index is 1.65. The lowest BCUT2D eigenvalue weighted by Crippen LogP contribution is -2.01. The third kappa shape index (κ3) is 4.59. The summed E-state index contributed by atoms with van der Waals surface area (Å²) in [6.45, 7) is 4.58. The van der Waals surface area contributed by atoms with Gasteiger partial charge in [-0.1, -0.05) is 37.6 Å². The summed E-state index contributed by atoms with van der Waals surface area (Å²) in [5.74, 6) is 1.82. The number of rotatable bonds is 6. The maximum absolute atomic E-state index is 5.88. The number of halogens is 1. The Hall–Kier alpha value is -2.44. The Kier molecular flexibility index (Phi) is 5.85. The van der Waals surface area contributed by atoms with Crippen molar-refractivity contribution in [3.05, 3.63) is 75.3 Å². The van der Waals surface area contributed by atoms with Crippen molar-refractivity contribution in [2.24, 2.45) is 5.10 Å². The van der Waals surface area contributed by atoms with Gasteiger partial charge in [0.2, 0.25) is 4.77 Å². The van der Waals surface area contributed by atoms with Gasteiger partial charge in [0.05, 0.1) is 6.21 Å². The van der Waals surface area contributed by atoms with Crippen LogP contribution in [0.4, 0.5) is 0 Å². The molecule has 1 heterocycles. The highest BCUT2D eigenvalue weighted by molar-refractivity contribution is 7.71. The molecule has 1 N–H and O–H groups in total. The quantitative estimate of drug-likeness (QED) is 0.469. The molecule has 0 aliphatic rings. The Morgan fingerprint density at radius 1 is 1.19 bits per heavy atom. The lowest BCUT2D eigenvalue weighted by molar-refractivity contribution is 0.306. The van der Waals surface area contributed by atoms with Crippen LogP contribution in [0.15, 0.2) is 53.6 Å². The largest absolute Gasteiger partial charge is 0.489 e. The van der Waals surface area contributed by atoms with Gasteiger partial charge in [-0.05, 0) is 59.7 Å². The van der Waals surface area contributed by atoms with Crippen molar-refractivity contribution >= 4 is 30.0 Å². The molecular formula is C19H19ClN4OS. The number of hydrogen-bond acceptors (Lipinski definition) is 4. The van der Waals surface area contributed by atoms with E-state index in [1.807, 2.05) is 62.4 Å². The monoisotopic (exact) mass is 386 g/mol. The molecule has 0 unspecified atom stereocenters. The maximum atomic E-state index is 5.88. The van der Waals surface area contributed by atoms with Gasteiger partial charge in [-0.25, -0.2) is 0 Å². The predicted octanol–water partition coefficient (Wildman–Crippen LogP) is 5.18. The first-order valence-corrected chi connectivity index (χ1v) is 9.00. The van der Waals surface area contributed by atoms with E-state index >= 15 is 0 Å². The highest BCUT2D eigenvalue weighted by Gasteiger charge is 2.08. The molecule has 1 aromatic heterocycles. The van der Waals surface area contributed by atoms with E-state index in [-0.39, 0.29) is 5.92 Å². The van der Waals surface area contributed by atoms with Crippen LogP contribution in [0.1, 0.15) is 36.7 Å². The Labute approximate surface area is 162 Å².